The van der Waals surface area contributed by atoms with E-state index < -0.39 is 5.91 Å². The maximum atomic E-state index is 12.8. The molecule has 1 aromatic heterocycles. The van der Waals surface area contributed by atoms with Crippen molar-refractivity contribution in [2.24, 2.45) is 10.2 Å². The average Bonchev–Trinajstić information content (AvgIpc) is 3.05. The molecule has 4 rings (SSSR count). The molecule has 0 saturated heterocycles. The molecule has 0 aliphatic carbocycles. The number of amides is 1. The van der Waals surface area contributed by atoms with Gasteiger partial charge in [0.25, 0.3) is 5.91 Å². The van der Waals surface area contributed by atoms with Crippen LogP contribution in [0.3, 0.4) is 0 Å². The van der Waals surface area contributed by atoms with Crippen molar-refractivity contribution in [3.05, 3.63) is 72.3 Å². The molecule has 1 amide bonds. The molecule has 1 N–H and O–H groups in total. The molecule has 4 aromatic rings. The zero-order valence-electron chi connectivity index (χ0n) is 17.1. The van der Waals surface area contributed by atoms with Crippen molar-refractivity contribution < 1.29 is 9.90 Å². The second-order valence-corrected chi connectivity index (χ2v) is 7.43. The summed E-state index contributed by atoms with van der Waals surface area (Å²) in [6, 6.07) is 20.9. The third kappa shape index (κ3) is 3.83. The molecule has 5 heteroatoms. The van der Waals surface area contributed by atoms with Crippen LogP contribution in [0.25, 0.3) is 21.7 Å². The van der Waals surface area contributed by atoms with Gasteiger partial charge in [-0.1, -0.05) is 80.8 Å². The van der Waals surface area contributed by atoms with Gasteiger partial charge in [-0.2, -0.15) is 0 Å². The van der Waals surface area contributed by atoms with E-state index in [4.69, 9.17) is 0 Å². The molecule has 0 unspecified atom stereocenters. The van der Waals surface area contributed by atoms with E-state index in [2.05, 4.69) is 17.2 Å². The fourth-order valence-electron chi connectivity index (χ4n) is 3.85. The van der Waals surface area contributed by atoms with Gasteiger partial charge in [0.2, 0.25) is 5.88 Å². The largest absolute Gasteiger partial charge is 0.493 e. The Bertz CT molecular complexity index is 1220. The van der Waals surface area contributed by atoms with Gasteiger partial charge in [0, 0.05) is 11.9 Å². The number of rotatable bonds is 7. The maximum absolute atomic E-state index is 12.8. The number of carbonyl (C=O) groups is 1. The summed E-state index contributed by atoms with van der Waals surface area (Å²) in [5, 5.41) is 21.6. The van der Waals surface area contributed by atoms with Gasteiger partial charge in [0.15, 0.2) is 5.69 Å². The fraction of sp³-hybridized carbons (Fsp3) is 0.240. The minimum atomic E-state index is -0.425. The molecule has 30 heavy (non-hydrogen) atoms. The standard InChI is InChI=1S/C25H25N3O2/c1-2-3-4-9-17-28-22-16-8-7-14-21(22)23(25(28)30)26-27-24(29)20-15-10-12-18-11-5-6-13-19(18)20/h5-8,10-16,30H,2-4,9,17H2,1H3. The Morgan fingerprint density at radius 2 is 1.63 bits per heavy atom. The van der Waals surface area contributed by atoms with Crippen molar-refractivity contribution >= 4 is 33.3 Å². The topological polar surface area (TPSA) is 66.9 Å². The zero-order valence-corrected chi connectivity index (χ0v) is 17.1. The number of carbonyl (C=O) groups excluding carboxylic acids is 1. The number of aryl methyl sites for hydroxylation is 1. The summed E-state index contributed by atoms with van der Waals surface area (Å²) in [5.74, 6) is -0.367. The summed E-state index contributed by atoms with van der Waals surface area (Å²) in [6.45, 7) is 2.88. The first kappa shape index (κ1) is 19.8. The van der Waals surface area contributed by atoms with Crippen LogP contribution in [0, 0.1) is 0 Å². The first-order valence-electron chi connectivity index (χ1n) is 10.4. The minimum Gasteiger partial charge on any atom is -0.493 e. The lowest BCUT2D eigenvalue weighted by molar-refractivity contribution is 0.0996. The van der Waals surface area contributed by atoms with Crippen LogP contribution in [0.2, 0.25) is 0 Å². The van der Waals surface area contributed by atoms with E-state index >= 15 is 0 Å². The molecule has 5 nitrogen and oxygen atoms in total. The lowest BCUT2D eigenvalue weighted by Gasteiger charge is -2.06. The number of hydrogen-bond donors (Lipinski definition) is 1. The summed E-state index contributed by atoms with van der Waals surface area (Å²) < 4.78 is 1.86. The first-order chi connectivity index (χ1) is 14.7. The Balaban J connectivity index is 1.67. The number of nitrogens with zero attached hydrogens (tertiary/aromatic N) is 3. The predicted octanol–water partition coefficient (Wildman–Crippen LogP) is 7.00. The van der Waals surface area contributed by atoms with Gasteiger partial charge in [-0.15, -0.1) is 10.2 Å². The molecular weight excluding hydrogens is 374 g/mol. The first-order valence-corrected chi connectivity index (χ1v) is 10.4. The third-order valence-corrected chi connectivity index (χ3v) is 5.41. The number of para-hydroxylation sites is 1. The van der Waals surface area contributed by atoms with Gasteiger partial charge >= 0.3 is 0 Å². The van der Waals surface area contributed by atoms with Crippen LogP contribution in [-0.4, -0.2) is 15.6 Å². The summed E-state index contributed by atoms with van der Waals surface area (Å²) in [4.78, 5) is 12.8. The van der Waals surface area contributed by atoms with Gasteiger partial charge in [0.05, 0.1) is 11.1 Å². The van der Waals surface area contributed by atoms with Crippen LogP contribution in [-0.2, 0) is 6.54 Å². The van der Waals surface area contributed by atoms with Crippen LogP contribution in [0.15, 0.2) is 77.0 Å². The molecule has 152 valence electrons. The van der Waals surface area contributed by atoms with Crippen LogP contribution in [0.4, 0.5) is 5.69 Å². The van der Waals surface area contributed by atoms with Crippen LogP contribution in [0.1, 0.15) is 43.0 Å². The van der Waals surface area contributed by atoms with Gasteiger partial charge in [-0.05, 0) is 29.3 Å². The van der Waals surface area contributed by atoms with Crippen molar-refractivity contribution in [3.8, 4) is 5.88 Å². The van der Waals surface area contributed by atoms with E-state index in [1.165, 1.54) is 6.42 Å². The molecular formula is C25H25N3O2. The smallest absolute Gasteiger partial charge is 0.296 e. The minimum absolute atomic E-state index is 0.0576. The predicted molar refractivity (Wildman–Crippen MR) is 121 cm³/mol. The highest BCUT2D eigenvalue weighted by Crippen LogP contribution is 2.39. The van der Waals surface area contributed by atoms with Crippen molar-refractivity contribution in [1.29, 1.82) is 0 Å². The summed E-state index contributed by atoms with van der Waals surface area (Å²) >= 11 is 0. The Hall–Kier alpha value is -3.47. The average molecular weight is 399 g/mol. The van der Waals surface area contributed by atoms with Crippen molar-refractivity contribution in [2.45, 2.75) is 39.2 Å². The van der Waals surface area contributed by atoms with E-state index in [1.54, 1.807) is 6.07 Å². The lowest BCUT2D eigenvalue weighted by Crippen LogP contribution is -1.97. The number of benzene rings is 3. The van der Waals surface area contributed by atoms with E-state index in [0.29, 0.717) is 17.8 Å². The highest BCUT2D eigenvalue weighted by molar-refractivity contribution is 6.07. The normalized spacial score (nSPS) is 11.6. The molecule has 0 saturated carbocycles. The molecule has 0 aliphatic heterocycles. The molecule has 1 heterocycles. The summed E-state index contributed by atoms with van der Waals surface area (Å²) in [6.07, 6.45) is 4.42. The molecule has 0 atom stereocenters. The van der Waals surface area contributed by atoms with E-state index in [0.717, 1.165) is 40.9 Å². The molecule has 0 bridgehead atoms. The number of azo groups is 1. The second-order valence-electron chi connectivity index (χ2n) is 7.43. The number of unbranched alkanes of at least 4 members (excludes halogenated alkanes) is 3. The number of aromatic hydroxyl groups is 1. The summed E-state index contributed by atoms with van der Waals surface area (Å²) in [5.41, 5.74) is 1.74. The highest BCUT2D eigenvalue weighted by atomic mass is 16.3. The van der Waals surface area contributed by atoms with Gasteiger partial charge in [0.1, 0.15) is 0 Å². The molecule has 3 aromatic carbocycles. The number of hydrogen-bond acceptors (Lipinski definition) is 3. The van der Waals surface area contributed by atoms with E-state index in [1.807, 2.05) is 65.2 Å². The van der Waals surface area contributed by atoms with Crippen LogP contribution < -0.4 is 0 Å². The Kier molecular flexibility index (Phi) is 5.89. The fourth-order valence-corrected chi connectivity index (χ4v) is 3.85. The Morgan fingerprint density at radius 1 is 0.900 bits per heavy atom. The number of fused-ring (bicyclic) bond motifs is 2. The number of aromatic nitrogens is 1. The third-order valence-electron chi connectivity index (χ3n) is 5.41. The van der Waals surface area contributed by atoms with Crippen molar-refractivity contribution in [1.82, 2.24) is 4.57 Å². The highest BCUT2D eigenvalue weighted by Gasteiger charge is 2.17. The van der Waals surface area contributed by atoms with E-state index in [-0.39, 0.29) is 5.88 Å². The quantitative estimate of drug-likeness (QED) is 0.268. The van der Waals surface area contributed by atoms with Gasteiger partial charge in [-0.25, -0.2) is 0 Å². The summed E-state index contributed by atoms with van der Waals surface area (Å²) in [7, 11) is 0. The zero-order chi connectivity index (χ0) is 20.9. The Morgan fingerprint density at radius 3 is 2.47 bits per heavy atom. The molecule has 0 aliphatic rings. The second kappa shape index (κ2) is 8.91. The van der Waals surface area contributed by atoms with Gasteiger partial charge in [-0.3, -0.25) is 4.79 Å². The van der Waals surface area contributed by atoms with E-state index in [9.17, 15) is 9.90 Å². The molecule has 0 fully saturated rings. The van der Waals surface area contributed by atoms with Gasteiger partial charge < -0.3 is 9.67 Å². The Labute approximate surface area is 175 Å². The van der Waals surface area contributed by atoms with Crippen LogP contribution >= 0.6 is 0 Å². The molecule has 0 radical (unpaired) electrons. The SMILES string of the molecule is CCCCCCn1c(O)c(N=NC(=O)c2cccc3ccccc23)c2ccccc21. The van der Waals surface area contributed by atoms with Crippen molar-refractivity contribution in [3.63, 3.8) is 0 Å². The van der Waals surface area contributed by atoms with Crippen molar-refractivity contribution in [2.75, 3.05) is 0 Å². The monoisotopic (exact) mass is 399 g/mol. The lowest BCUT2D eigenvalue weighted by atomic mass is 10.0. The maximum Gasteiger partial charge on any atom is 0.296 e. The van der Waals surface area contributed by atoms with Crippen LogP contribution in [0.5, 0.6) is 5.88 Å². The molecule has 0 spiro atoms.